The van der Waals surface area contributed by atoms with Crippen LogP contribution in [-0.4, -0.2) is 104 Å². The van der Waals surface area contributed by atoms with Crippen molar-refractivity contribution in [1.29, 1.82) is 0 Å². The number of ether oxygens (including phenoxy) is 4. The number of amides is 2. The highest BCUT2D eigenvalue weighted by Gasteiger charge is 2.41. The molecule has 292 valence electrons. The van der Waals surface area contributed by atoms with Crippen LogP contribution in [0.2, 0.25) is 0 Å². The van der Waals surface area contributed by atoms with Gasteiger partial charge >= 0.3 is 37.2 Å². The number of alkyl halides is 4. The summed E-state index contributed by atoms with van der Waals surface area (Å²) in [5.41, 5.74) is -0.357. The second kappa shape index (κ2) is 17.9. The standard InChI is InChI=1S/2C17H25F2N3O4/c2*1-5-25-14(23)12-6-7-21(16(24)26-17(2,3)4)10-13(12)11-8-20-22(9-11)15(18)19/h2*8-9,12-13,15H,5-7,10H2,1-4H3/t2*12-,13-/m10/s1. The second-order valence-corrected chi connectivity index (χ2v) is 14.4. The molecular formula is C34H50F4N6O8. The number of halogens is 4. The molecule has 4 rings (SSSR count). The van der Waals surface area contributed by atoms with Gasteiger partial charge in [-0.15, -0.1) is 0 Å². The van der Waals surface area contributed by atoms with Gasteiger partial charge in [0.15, 0.2) is 0 Å². The Morgan fingerprint density at radius 3 is 1.31 bits per heavy atom. The zero-order chi connectivity index (χ0) is 39.0. The normalized spacial score (nSPS) is 21.0. The molecule has 14 nitrogen and oxygen atoms in total. The average molecular weight is 747 g/mol. The Kier molecular flexibility index (Phi) is 14.5. The van der Waals surface area contributed by atoms with Crippen molar-refractivity contribution in [2.24, 2.45) is 11.8 Å². The molecule has 2 aliphatic heterocycles. The van der Waals surface area contributed by atoms with Crippen LogP contribution in [0.4, 0.5) is 27.2 Å². The van der Waals surface area contributed by atoms with Crippen molar-refractivity contribution in [1.82, 2.24) is 29.4 Å². The topological polar surface area (TPSA) is 147 Å². The first kappa shape index (κ1) is 42.0. The van der Waals surface area contributed by atoms with Crippen molar-refractivity contribution in [3.05, 3.63) is 35.9 Å². The van der Waals surface area contributed by atoms with Gasteiger partial charge in [0.2, 0.25) is 0 Å². The van der Waals surface area contributed by atoms with Crippen molar-refractivity contribution in [3.8, 4) is 0 Å². The van der Waals surface area contributed by atoms with E-state index < -0.39 is 72.1 Å². The molecule has 2 saturated heterocycles. The lowest BCUT2D eigenvalue weighted by atomic mass is 9.82. The maximum Gasteiger partial charge on any atom is 0.410 e. The summed E-state index contributed by atoms with van der Waals surface area (Å²) < 4.78 is 73.4. The van der Waals surface area contributed by atoms with Crippen LogP contribution in [0.15, 0.2) is 24.8 Å². The molecular weight excluding hydrogens is 696 g/mol. The van der Waals surface area contributed by atoms with E-state index in [1.54, 1.807) is 55.4 Å². The molecule has 0 saturated carbocycles. The smallest absolute Gasteiger partial charge is 0.410 e. The van der Waals surface area contributed by atoms with Crippen LogP contribution in [-0.2, 0) is 28.5 Å². The number of hydrogen-bond donors (Lipinski definition) is 0. The second-order valence-electron chi connectivity index (χ2n) is 14.4. The van der Waals surface area contributed by atoms with Crippen LogP contribution in [0.5, 0.6) is 0 Å². The third-order valence-electron chi connectivity index (χ3n) is 8.21. The van der Waals surface area contributed by atoms with Gasteiger partial charge in [0, 0.05) is 50.4 Å². The largest absolute Gasteiger partial charge is 0.466 e. The molecule has 4 heterocycles. The number of aromatic nitrogens is 4. The number of nitrogens with zero attached hydrogens (tertiary/aromatic N) is 6. The first-order valence-electron chi connectivity index (χ1n) is 17.2. The molecule has 0 aromatic carbocycles. The molecule has 4 atom stereocenters. The van der Waals surface area contributed by atoms with Crippen LogP contribution in [0.3, 0.4) is 0 Å². The summed E-state index contributed by atoms with van der Waals surface area (Å²) in [6, 6.07) is 0. The highest BCUT2D eigenvalue weighted by atomic mass is 19.3. The molecule has 0 unspecified atom stereocenters. The fraction of sp³-hybridized carbons (Fsp3) is 0.706. The third-order valence-corrected chi connectivity index (χ3v) is 8.21. The Balaban J connectivity index is 0.000000280. The minimum absolute atomic E-state index is 0.174. The van der Waals surface area contributed by atoms with Crippen LogP contribution in [0.25, 0.3) is 0 Å². The van der Waals surface area contributed by atoms with Gasteiger partial charge in [-0.1, -0.05) is 0 Å². The Hall–Kier alpha value is -4.38. The predicted molar refractivity (Wildman–Crippen MR) is 178 cm³/mol. The molecule has 18 heteroatoms. The lowest BCUT2D eigenvalue weighted by Crippen LogP contribution is -2.46. The van der Waals surface area contributed by atoms with E-state index in [1.165, 1.54) is 34.6 Å². The van der Waals surface area contributed by atoms with Gasteiger partial charge < -0.3 is 28.7 Å². The van der Waals surface area contributed by atoms with Crippen LogP contribution in [0, 0.1) is 11.8 Å². The number of carbonyl (C=O) groups is 4. The monoisotopic (exact) mass is 746 g/mol. The number of likely N-dealkylation sites (tertiary alicyclic amines) is 2. The highest BCUT2D eigenvalue weighted by molar-refractivity contribution is 5.76. The number of carbonyl (C=O) groups excluding carboxylic acids is 4. The Bertz CT molecular complexity index is 1390. The Labute approximate surface area is 300 Å². The van der Waals surface area contributed by atoms with Gasteiger partial charge in [0.05, 0.1) is 37.4 Å². The number of hydrogen-bond acceptors (Lipinski definition) is 10. The lowest BCUT2D eigenvalue weighted by molar-refractivity contribution is -0.151. The fourth-order valence-electron chi connectivity index (χ4n) is 5.93. The SMILES string of the molecule is CCOC(=O)[C@@H]1CCN(C(=O)OC(C)(C)C)C[C@@H]1c1cnn(C(F)F)c1.CCOC(=O)[C@H]1CCN(C(=O)OC(C)(C)C)C[C@H]1c1cnn(C(F)F)c1. The first-order chi connectivity index (χ1) is 24.2. The van der Waals surface area contributed by atoms with E-state index in [0.29, 0.717) is 46.4 Å². The zero-order valence-corrected chi connectivity index (χ0v) is 30.9. The summed E-state index contributed by atoms with van der Waals surface area (Å²) in [5, 5.41) is 7.28. The van der Waals surface area contributed by atoms with Crippen molar-refractivity contribution in [2.45, 2.75) is 104 Å². The van der Waals surface area contributed by atoms with Crippen molar-refractivity contribution in [3.63, 3.8) is 0 Å². The van der Waals surface area contributed by atoms with Crippen molar-refractivity contribution in [2.75, 3.05) is 39.4 Å². The van der Waals surface area contributed by atoms with E-state index in [2.05, 4.69) is 10.2 Å². The van der Waals surface area contributed by atoms with E-state index in [1.807, 2.05) is 0 Å². The van der Waals surface area contributed by atoms with Crippen LogP contribution in [0.1, 0.15) is 104 Å². The molecule has 0 bridgehead atoms. The molecule has 2 amide bonds. The van der Waals surface area contributed by atoms with Gasteiger partial charge in [0.1, 0.15) is 11.2 Å². The molecule has 0 aliphatic carbocycles. The summed E-state index contributed by atoms with van der Waals surface area (Å²) >= 11 is 0. The maximum atomic E-state index is 12.8. The maximum absolute atomic E-state index is 12.8. The van der Waals surface area contributed by atoms with E-state index in [9.17, 15) is 36.7 Å². The minimum Gasteiger partial charge on any atom is -0.466 e. The van der Waals surface area contributed by atoms with E-state index >= 15 is 0 Å². The molecule has 0 N–H and O–H groups in total. The van der Waals surface area contributed by atoms with Gasteiger partial charge in [-0.25, -0.2) is 19.0 Å². The number of piperidine rings is 2. The van der Waals surface area contributed by atoms with Crippen molar-refractivity contribution < 1.29 is 55.7 Å². The zero-order valence-electron chi connectivity index (χ0n) is 30.9. The highest BCUT2D eigenvalue weighted by Crippen LogP contribution is 2.36. The number of esters is 2. The van der Waals surface area contributed by atoms with Gasteiger partial charge in [-0.05, 0) is 79.4 Å². The molecule has 2 aliphatic rings. The summed E-state index contributed by atoms with van der Waals surface area (Å²) in [5.74, 6) is -2.81. The molecule has 0 radical (unpaired) electrons. The van der Waals surface area contributed by atoms with E-state index in [0.717, 1.165) is 0 Å². The molecule has 2 aromatic heterocycles. The molecule has 0 spiro atoms. The summed E-state index contributed by atoms with van der Waals surface area (Å²) in [4.78, 5) is 52.3. The molecule has 52 heavy (non-hydrogen) atoms. The molecule has 2 aromatic rings. The lowest BCUT2D eigenvalue weighted by Gasteiger charge is -2.37. The van der Waals surface area contributed by atoms with E-state index in [4.69, 9.17) is 18.9 Å². The molecule has 2 fully saturated rings. The predicted octanol–water partition coefficient (Wildman–Crippen LogP) is 6.36. The fourth-order valence-corrected chi connectivity index (χ4v) is 5.93. The Morgan fingerprint density at radius 2 is 1.04 bits per heavy atom. The first-order valence-corrected chi connectivity index (χ1v) is 17.2. The summed E-state index contributed by atoms with van der Waals surface area (Å²) in [6.45, 7) is 9.93. The van der Waals surface area contributed by atoms with E-state index in [-0.39, 0.29) is 26.3 Å². The van der Waals surface area contributed by atoms with Gasteiger partial charge in [-0.3, -0.25) is 9.59 Å². The Morgan fingerprint density at radius 1 is 0.692 bits per heavy atom. The van der Waals surface area contributed by atoms with Gasteiger partial charge in [-0.2, -0.15) is 27.8 Å². The third kappa shape index (κ3) is 11.8. The van der Waals surface area contributed by atoms with Gasteiger partial charge in [0.25, 0.3) is 0 Å². The van der Waals surface area contributed by atoms with Crippen LogP contribution < -0.4 is 0 Å². The summed E-state index contributed by atoms with van der Waals surface area (Å²) in [7, 11) is 0. The summed E-state index contributed by atoms with van der Waals surface area (Å²) in [6.07, 6.45) is 4.77. The quantitative estimate of drug-likeness (QED) is 0.170. The average Bonchev–Trinajstić information content (AvgIpc) is 3.75. The minimum atomic E-state index is -2.77. The van der Waals surface area contributed by atoms with Crippen molar-refractivity contribution >= 4 is 24.1 Å². The van der Waals surface area contributed by atoms with Crippen LogP contribution >= 0.6 is 0 Å². The number of rotatable bonds is 8.